The molecule has 0 bridgehead atoms. The number of hydrogen-bond acceptors (Lipinski definition) is 6. The highest BCUT2D eigenvalue weighted by molar-refractivity contribution is 6.01. The number of carbonyl (C=O) groups is 2. The molecule has 0 spiro atoms. The lowest BCUT2D eigenvalue weighted by Gasteiger charge is -2.33. The molecule has 8 heteroatoms. The molecule has 1 amide bonds. The van der Waals surface area contributed by atoms with Crippen molar-refractivity contribution in [2.75, 3.05) is 18.9 Å². The number of fused-ring (bicyclic) bond motifs is 1. The summed E-state index contributed by atoms with van der Waals surface area (Å²) in [5.41, 5.74) is 6.97. The van der Waals surface area contributed by atoms with Crippen LogP contribution in [0.15, 0.2) is 30.3 Å². The number of rotatable bonds is 4. The number of anilines is 1. The molecule has 2 aliphatic carbocycles. The third kappa shape index (κ3) is 4.11. The highest BCUT2D eigenvalue weighted by atomic mass is 16.5. The van der Waals surface area contributed by atoms with Gasteiger partial charge in [0.15, 0.2) is 0 Å². The van der Waals surface area contributed by atoms with Gasteiger partial charge in [-0.1, -0.05) is 12.2 Å². The van der Waals surface area contributed by atoms with Crippen molar-refractivity contribution in [1.29, 1.82) is 0 Å². The summed E-state index contributed by atoms with van der Waals surface area (Å²) in [4.78, 5) is 33.6. The van der Waals surface area contributed by atoms with Gasteiger partial charge in [-0.3, -0.25) is 9.59 Å². The Bertz CT molecular complexity index is 858. The summed E-state index contributed by atoms with van der Waals surface area (Å²) in [5.74, 6) is 0.747. The van der Waals surface area contributed by atoms with Gasteiger partial charge in [-0.05, 0) is 55.9 Å². The molecule has 3 aliphatic rings. The summed E-state index contributed by atoms with van der Waals surface area (Å²) in [6.07, 6.45) is 12.9. The fourth-order valence-electron chi connectivity index (χ4n) is 4.65. The van der Waals surface area contributed by atoms with E-state index in [1.165, 1.54) is 6.33 Å². The Morgan fingerprint density at radius 2 is 2.07 bits per heavy atom. The standard InChI is InChI=1S/C21H26N4O4/c22-19-18-20(24-12-23-19)29-10-9-25(21(18)28)16-7-5-15(6-8-16)14-3-1-13(2-4-14)11-17(26)27/h5,7-8,12-15H,1-4,6,9-11H2,(H,26,27)(H2,22,23,24)/t13-,14-,15?. The Hall–Kier alpha value is -2.90. The van der Waals surface area contributed by atoms with Gasteiger partial charge < -0.3 is 20.5 Å². The van der Waals surface area contributed by atoms with Gasteiger partial charge in [0.1, 0.15) is 24.3 Å². The van der Waals surface area contributed by atoms with Crippen LogP contribution < -0.4 is 10.5 Å². The number of hydrogen-bond donors (Lipinski definition) is 2. The maximum atomic E-state index is 13.0. The topological polar surface area (TPSA) is 119 Å². The minimum Gasteiger partial charge on any atom is -0.481 e. The Kier molecular flexibility index (Phi) is 5.51. The second kappa shape index (κ2) is 8.23. The van der Waals surface area contributed by atoms with E-state index in [1.54, 1.807) is 4.90 Å². The highest BCUT2D eigenvalue weighted by Crippen LogP contribution is 2.39. The largest absolute Gasteiger partial charge is 0.481 e. The average molecular weight is 398 g/mol. The van der Waals surface area contributed by atoms with Crippen molar-refractivity contribution < 1.29 is 19.4 Å². The predicted molar refractivity (Wildman–Crippen MR) is 106 cm³/mol. The summed E-state index contributed by atoms with van der Waals surface area (Å²) in [6, 6.07) is 0. The van der Waals surface area contributed by atoms with E-state index in [1.807, 2.05) is 6.08 Å². The first kappa shape index (κ1) is 19.4. The molecule has 1 atom stereocenters. The number of allylic oxidation sites excluding steroid dienone is 3. The number of carbonyl (C=O) groups excluding carboxylic acids is 1. The van der Waals surface area contributed by atoms with Crippen LogP contribution in [0.3, 0.4) is 0 Å². The van der Waals surface area contributed by atoms with Crippen molar-refractivity contribution in [2.45, 2.75) is 38.5 Å². The molecule has 154 valence electrons. The number of amides is 1. The van der Waals surface area contributed by atoms with Gasteiger partial charge in [-0.15, -0.1) is 0 Å². The zero-order valence-corrected chi connectivity index (χ0v) is 16.3. The molecule has 29 heavy (non-hydrogen) atoms. The lowest BCUT2D eigenvalue weighted by molar-refractivity contribution is -0.138. The van der Waals surface area contributed by atoms with Crippen LogP contribution in [-0.2, 0) is 4.79 Å². The molecule has 1 fully saturated rings. The molecule has 0 saturated heterocycles. The minimum atomic E-state index is -0.697. The summed E-state index contributed by atoms with van der Waals surface area (Å²) in [5, 5.41) is 8.98. The van der Waals surface area contributed by atoms with E-state index in [4.69, 9.17) is 15.6 Å². The van der Waals surface area contributed by atoms with Crippen LogP contribution in [0.2, 0.25) is 0 Å². The highest BCUT2D eigenvalue weighted by Gasteiger charge is 2.32. The third-order valence-electron chi connectivity index (χ3n) is 6.24. The molecular formula is C21H26N4O4. The van der Waals surface area contributed by atoms with E-state index in [2.05, 4.69) is 22.1 Å². The average Bonchev–Trinajstić information content (AvgIpc) is 2.88. The second-order valence-electron chi connectivity index (χ2n) is 8.01. The first-order valence-corrected chi connectivity index (χ1v) is 10.2. The molecule has 4 rings (SSSR count). The quantitative estimate of drug-likeness (QED) is 0.800. The maximum absolute atomic E-state index is 13.0. The fourth-order valence-corrected chi connectivity index (χ4v) is 4.65. The summed E-state index contributed by atoms with van der Waals surface area (Å²) in [7, 11) is 0. The number of nitrogens with two attached hydrogens (primary N) is 1. The molecule has 1 saturated carbocycles. The second-order valence-corrected chi connectivity index (χ2v) is 8.01. The smallest absolute Gasteiger partial charge is 0.303 e. The molecule has 1 unspecified atom stereocenters. The van der Waals surface area contributed by atoms with E-state index >= 15 is 0 Å². The van der Waals surface area contributed by atoms with E-state index in [9.17, 15) is 9.59 Å². The van der Waals surface area contributed by atoms with Crippen LogP contribution >= 0.6 is 0 Å². The third-order valence-corrected chi connectivity index (χ3v) is 6.24. The summed E-state index contributed by atoms with van der Waals surface area (Å²) in [6.45, 7) is 0.771. The van der Waals surface area contributed by atoms with Crippen molar-refractivity contribution in [3.05, 3.63) is 35.8 Å². The van der Waals surface area contributed by atoms with Gasteiger partial charge in [0.2, 0.25) is 5.88 Å². The number of nitrogen functional groups attached to an aromatic ring is 1. The van der Waals surface area contributed by atoms with Crippen LogP contribution in [0.1, 0.15) is 48.9 Å². The number of carboxylic acids is 1. The Morgan fingerprint density at radius 3 is 2.76 bits per heavy atom. The first-order valence-electron chi connectivity index (χ1n) is 10.2. The van der Waals surface area contributed by atoms with E-state index in [0.717, 1.165) is 37.8 Å². The van der Waals surface area contributed by atoms with E-state index in [-0.39, 0.29) is 29.6 Å². The molecule has 0 aromatic carbocycles. The monoisotopic (exact) mass is 398 g/mol. The van der Waals surface area contributed by atoms with Gasteiger partial charge in [0.25, 0.3) is 5.91 Å². The number of carboxylic acid groups (broad SMARTS) is 1. The molecule has 0 radical (unpaired) electrons. The lowest BCUT2D eigenvalue weighted by Crippen LogP contribution is -2.33. The molecule has 1 aromatic rings. The summed E-state index contributed by atoms with van der Waals surface area (Å²) < 4.78 is 5.59. The SMILES string of the molecule is Nc1ncnc2c1C(=O)N(C1=CCC([C@H]3CC[C@H](CC(=O)O)CC3)C=C1)CCO2. The van der Waals surface area contributed by atoms with E-state index in [0.29, 0.717) is 30.9 Å². The molecule has 8 nitrogen and oxygen atoms in total. The molecule has 2 heterocycles. The van der Waals surface area contributed by atoms with Gasteiger partial charge in [0, 0.05) is 12.1 Å². The number of ether oxygens (including phenoxy) is 1. The lowest BCUT2D eigenvalue weighted by atomic mass is 9.73. The van der Waals surface area contributed by atoms with Crippen LogP contribution in [0.5, 0.6) is 5.88 Å². The van der Waals surface area contributed by atoms with Crippen LogP contribution in [0.4, 0.5) is 5.82 Å². The molecule has 3 N–H and O–H groups in total. The Labute approximate surface area is 169 Å². The normalized spacial score (nSPS) is 26.9. The fraction of sp³-hybridized carbons (Fsp3) is 0.524. The predicted octanol–water partition coefficient (Wildman–Crippen LogP) is 2.63. The minimum absolute atomic E-state index is 0.128. The number of nitrogens with zero attached hydrogens (tertiary/aromatic N) is 3. The van der Waals surface area contributed by atoms with Crippen LogP contribution in [0.25, 0.3) is 0 Å². The Balaban J connectivity index is 1.40. The number of aliphatic carboxylic acids is 1. The summed E-state index contributed by atoms with van der Waals surface area (Å²) >= 11 is 0. The van der Waals surface area contributed by atoms with Crippen molar-refractivity contribution in [1.82, 2.24) is 14.9 Å². The van der Waals surface area contributed by atoms with Gasteiger partial charge >= 0.3 is 5.97 Å². The van der Waals surface area contributed by atoms with Crippen LogP contribution in [-0.4, -0.2) is 45.0 Å². The van der Waals surface area contributed by atoms with Crippen LogP contribution in [0, 0.1) is 17.8 Å². The first-order chi connectivity index (χ1) is 14.0. The zero-order chi connectivity index (χ0) is 20.4. The van der Waals surface area contributed by atoms with Crippen molar-refractivity contribution in [2.24, 2.45) is 17.8 Å². The van der Waals surface area contributed by atoms with Crippen molar-refractivity contribution >= 4 is 17.7 Å². The molecular weight excluding hydrogens is 372 g/mol. The van der Waals surface area contributed by atoms with Gasteiger partial charge in [-0.25, -0.2) is 9.97 Å². The number of aromatic nitrogens is 2. The maximum Gasteiger partial charge on any atom is 0.303 e. The molecule has 1 aromatic heterocycles. The van der Waals surface area contributed by atoms with Crippen molar-refractivity contribution in [3.8, 4) is 5.88 Å². The Morgan fingerprint density at radius 1 is 1.28 bits per heavy atom. The van der Waals surface area contributed by atoms with Gasteiger partial charge in [0.05, 0.1) is 6.54 Å². The van der Waals surface area contributed by atoms with E-state index < -0.39 is 5.97 Å². The molecule has 1 aliphatic heterocycles. The van der Waals surface area contributed by atoms with Gasteiger partial charge in [-0.2, -0.15) is 0 Å². The zero-order valence-electron chi connectivity index (χ0n) is 16.3. The van der Waals surface area contributed by atoms with Crippen molar-refractivity contribution in [3.63, 3.8) is 0 Å².